The lowest BCUT2D eigenvalue weighted by Crippen LogP contribution is -2.25. The molecule has 3 aromatic rings. The van der Waals surface area contributed by atoms with E-state index in [0.29, 0.717) is 5.92 Å². The molecule has 24 heavy (non-hydrogen) atoms. The van der Waals surface area contributed by atoms with Crippen LogP contribution >= 0.6 is 0 Å². The summed E-state index contributed by atoms with van der Waals surface area (Å²) >= 11 is 0. The summed E-state index contributed by atoms with van der Waals surface area (Å²) in [7, 11) is 0. The summed E-state index contributed by atoms with van der Waals surface area (Å²) in [5, 5.41) is 14.3. The molecule has 0 saturated heterocycles. The van der Waals surface area contributed by atoms with Gasteiger partial charge in [-0.3, -0.25) is 4.68 Å². The van der Waals surface area contributed by atoms with Crippen LogP contribution in [0.3, 0.4) is 0 Å². The van der Waals surface area contributed by atoms with Crippen LogP contribution < -0.4 is 0 Å². The Hall–Kier alpha value is -2.88. The van der Waals surface area contributed by atoms with Crippen LogP contribution in [-0.2, 0) is 4.74 Å². The van der Waals surface area contributed by atoms with Crippen LogP contribution in [0.1, 0.15) is 32.2 Å². The molecule has 1 fully saturated rings. The summed E-state index contributed by atoms with van der Waals surface area (Å²) in [6.07, 6.45) is 12.2. The van der Waals surface area contributed by atoms with Crippen LogP contribution in [0.4, 0.5) is 0 Å². The van der Waals surface area contributed by atoms with E-state index in [-0.39, 0.29) is 12.1 Å². The number of rotatable bonds is 4. The van der Waals surface area contributed by atoms with Crippen LogP contribution in [0.25, 0.3) is 22.3 Å². The molecule has 4 rings (SSSR count). The fourth-order valence-electron chi connectivity index (χ4n) is 3.70. The highest BCUT2D eigenvalue weighted by atomic mass is 16.5. The second kappa shape index (κ2) is 5.96. The quantitative estimate of drug-likeness (QED) is 0.745. The summed E-state index contributed by atoms with van der Waals surface area (Å²) in [5.41, 5.74) is 2.65. The van der Waals surface area contributed by atoms with Crippen molar-refractivity contribution in [2.45, 2.75) is 38.3 Å². The summed E-state index contributed by atoms with van der Waals surface area (Å²) in [4.78, 5) is 11.7. The molecule has 0 amide bonds. The number of hydrogen-bond acceptors (Lipinski definition) is 5. The molecule has 3 atom stereocenters. The number of H-pyrrole nitrogens is 1. The molecule has 1 saturated carbocycles. The molecule has 0 bridgehead atoms. The monoisotopic (exact) mass is 322 g/mol. The molecule has 0 radical (unpaired) electrons. The van der Waals surface area contributed by atoms with E-state index in [1.807, 2.05) is 35.6 Å². The normalized spacial score (nSPS) is 21.7. The van der Waals surface area contributed by atoms with Crippen LogP contribution in [0, 0.1) is 17.4 Å². The van der Waals surface area contributed by atoms with Crippen molar-refractivity contribution in [3.05, 3.63) is 31.0 Å². The highest BCUT2D eigenvalue weighted by molar-refractivity contribution is 5.89. The zero-order valence-electron chi connectivity index (χ0n) is 13.4. The third-order valence-electron chi connectivity index (χ3n) is 4.97. The van der Waals surface area contributed by atoms with Gasteiger partial charge in [0.25, 0.3) is 6.26 Å². The highest BCUT2D eigenvalue weighted by Crippen LogP contribution is 2.36. The SMILES string of the molecule is C[C@@H]([C@H]1CCCC1OC#N)n1cc(-c2ncnc3[nH]ccc23)cn1. The molecule has 1 N–H and O–H groups in total. The van der Waals surface area contributed by atoms with Gasteiger partial charge in [0.2, 0.25) is 0 Å². The van der Waals surface area contributed by atoms with Gasteiger partial charge in [-0.05, 0) is 32.3 Å². The molecule has 0 spiro atoms. The fraction of sp³-hybridized carbons (Fsp3) is 0.412. The van der Waals surface area contributed by atoms with E-state index in [2.05, 4.69) is 27.0 Å². The zero-order valence-corrected chi connectivity index (χ0v) is 13.4. The van der Waals surface area contributed by atoms with Crippen LogP contribution in [0.15, 0.2) is 31.0 Å². The van der Waals surface area contributed by atoms with Gasteiger partial charge in [0.15, 0.2) is 0 Å². The minimum atomic E-state index is -0.00641. The van der Waals surface area contributed by atoms with E-state index in [9.17, 15) is 0 Å². The van der Waals surface area contributed by atoms with E-state index < -0.39 is 0 Å². The van der Waals surface area contributed by atoms with E-state index >= 15 is 0 Å². The Labute approximate surface area is 139 Å². The van der Waals surface area contributed by atoms with E-state index in [0.717, 1.165) is 41.6 Å². The van der Waals surface area contributed by atoms with Crippen molar-refractivity contribution in [3.63, 3.8) is 0 Å². The van der Waals surface area contributed by atoms with Gasteiger partial charge in [-0.2, -0.15) is 10.4 Å². The van der Waals surface area contributed by atoms with E-state index in [1.165, 1.54) is 0 Å². The number of aromatic nitrogens is 5. The molecule has 7 nitrogen and oxygen atoms in total. The van der Waals surface area contributed by atoms with Crippen molar-refractivity contribution in [3.8, 4) is 17.5 Å². The van der Waals surface area contributed by atoms with Crippen molar-refractivity contribution < 1.29 is 4.74 Å². The number of ether oxygens (including phenoxy) is 1. The molecular formula is C17H18N6O. The van der Waals surface area contributed by atoms with Gasteiger partial charge in [-0.1, -0.05) is 0 Å². The maximum Gasteiger partial charge on any atom is 0.286 e. The number of hydrogen-bond donors (Lipinski definition) is 1. The largest absolute Gasteiger partial charge is 0.424 e. The summed E-state index contributed by atoms with van der Waals surface area (Å²) < 4.78 is 7.19. The number of nitriles is 1. The third-order valence-corrected chi connectivity index (χ3v) is 4.97. The van der Waals surface area contributed by atoms with Gasteiger partial charge in [-0.25, -0.2) is 9.97 Å². The minimum absolute atomic E-state index is 0.00641. The fourth-order valence-corrected chi connectivity index (χ4v) is 3.70. The van der Waals surface area contributed by atoms with Gasteiger partial charge in [0.1, 0.15) is 18.1 Å². The van der Waals surface area contributed by atoms with Crippen LogP contribution in [0.2, 0.25) is 0 Å². The van der Waals surface area contributed by atoms with Gasteiger partial charge < -0.3 is 9.72 Å². The smallest absolute Gasteiger partial charge is 0.286 e. The second-order valence-corrected chi connectivity index (χ2v) is 6.25. The Morgan fingerprint density at radius 1 is 1.42 bits per heavy atom. The Balaban J connectivity index is 1.63. The molecule has 7 heteroatoms. The molecule has 3 aromatic heterocycles. The second-order valence-electron chi connectivity index (χ2n) is 6.25. The Bertz CT molecular complexity index is 892. The Morgan fingerprint density at radius 3 is 3.21 bits per heavy atom. The number of nitrogens with one attached hydrogen (secondary N) is 1. The lowest BCUT2D eigenvalue weighted by molar-refractivity contribution is 0.0943. The Morgan fingerprint density at radius 2 is 2.33 bits per heavy atom. The maximum atomic E-state index is 8.82. The molecule has 3 heterocycles. The number of fused-ring (bicyclic) bond motifs is 1. The molecule has 122 valence electrons. The highest BCUT2D eigenvalue weighted by Gasteiger charge is 2.34. The summed E-state index contributed by atoms with van der Waals surface area (Å²) in [6.45, 7) is 2.13. The molecule has 0 aliphatic heterocycles. The van der Waals surface area contributed by atoms with Crippen LogP contribution in [-0.4, -0.2) is 30.8 Å². The summed E-state index contributed by atoms with van der Waals surface area (Å²) in [6, 6.07) is 2.14. The molecule has 1 aliphatic rings. The molecule has 0 aromatic carbocycles. The zero-order chi connectivity index (χ0) is 16.5. The average molecular weight is 322 g/mol. The van der Waals surface area contributed by atoms with Gasteiger partial charge in [0, 0.05) is 29.3 Å². The van der Waals surface area contributed by atoms with E-state index in [4.69, 9.17) is 10.00 Å². The maximum absolute atomic E-state index is 8.82. The summed E-state index contributed by atoms with van der Waals surface area (Å²) in [5.74, 6) is 0.301. The average Bonchev–Trinajstić information content (AvgIpc) is 3.34. The van der Waals surface area contributed by atoms with Gasteiger partial charge in [-0.15, -0.1) is 0 Å². The molecule has 1 aliphatic carbocycles. The predicted octanol–water partition coefficient (Wildman–Crippen LogP) is 3.05. The van der Waals surface area contributed by atoms with Crippen molar-refractivity contribution >= 4 is 11.0 Å². The Kier molecular flexibility index (Phi) is 3.65. The van der Waals surface area contributed by atoms with Crippen molar-refractivity contribution in [2.24, 2.45) is 5.92 Å². The number of aromatic amines is 1. The standard InChI is InChI=1S/C17H18N6O/c1-11(13-3-2-4-15(13)24-9-18)23-8-12(7-22-23)16-14-5-6-19-17(14)21-10-20-16/h5-8,10-11,13,15H,2-4H2,1H3,(H,19,20,21)/t11-,13+,15?/m0/s1. The van der Waals surface area contributed by atoms with Crippen molar-refractivity contribution in [1.82, 2.24) is 24.7 Å². The van der Waals surface area contributed by atoms with Gasteiger partial charge in [0.05, 0.1) is 17.9 Å². The first-order valence-electron chi connectivity index (χ1n) is 8.15. The van der Waals surface area contributed by atoms with Crippen molar-refractivity contribution in [1.29, 1.82) is 5.26 Å². The number of nitrogens with zero attached hydrogens (tertiary/aromatic N) is 5. The molecule has 1 unspecified atom stereocenters. The minimum Gasteiger partial charge on any atom is -0.424 e. The topological polar surface area (TPSA) is 92.4 Å². The molecular weight excluding hydrogens is 304 g/mol. The predicted molar refractivity (Wildman–Crippen MR) is 87.6 cm³/mol. The third kappa shape index (κ3) is 2.40. The first-order chi connectivity index (χ1) is 11.8. The first kappa shape index (κ1) is 14.7. The van der Waals surface area contributed by atoms with Crippen molar-refractivity contribution in [2.75, 3.05) is 0 Å². The first-order valence-corrected chi connectivity index (χ1v) is 8.15. The van der Waals surface area contributed by atoms with E-state index in [1.54, 1.807) is 6.33 Å². The van der Waals surface area contributed by atoms with Crippen LogP contribution in [0.5, 0.6) is 0 Å². The lowest BCUT2D eigenvalue weighted by Gasteiger charge is -2.24. The van der Waals surface area contributed by atoms with Gasteiger partial charge >= 0.3 is 0 Å². The lowest BCUT2D eigenvalue weighted by atomic mass is 9.97.